The van der Waals surface area contributed by atoms with Crippen LogP contribution in [-0.4, -0.2) is 247 Å². The van der Waals surface area contributed by atoms with Crippen LogP contribution in [0.25, 0.3) is 0 Å². The number of ether oxygens (including phenoxy) is 2. The van der Waals surface area contributed by atoms with E-state index in [-0.39, 0.29) is 77.5 Å². The molecule has 0 saturated carbocycles. The molecule has 6 heterocycles. The SMILES string of the molecule is CNC(C)C(=O)NC(CCC(=O)C(F)(F)F)C(=O)N1CCCC1C(=O)NC(Cc1ccccc1)C(O)CN.CNC(C)C(=O)NC1CCC2(C(F)(F)F)CCC(O2)C(Cc2ccccc2)NC(=O)C2CCCN2C(=O)C(NC(=O)C(C)NC)CCC2(C)NCC(O2)C(Cc2ccccc2)NC(=O)C2CCCN2C1=O. The topological polar surface area (TPSA) is 365 Å². The summed E-state index contributed by atoms with van der Waals surface area (Å²) in [5.74, 6) is -7.17. The second kappa shape index (κ2) is 39.1. The minimum absolute atomic E-state index is 0.0987. The summed E-state index contributed by atoms with van der Waals surface area (Å²) in [7, 11) is 4.67. The van der Waals surface area contributed by atoms with Crippen molar-refractivity contribution < 1.29 is 88.9 Å². The van der Waals surface area contributed by atoms with Gasteiger partial charge in [-0.2, -0.15) is 26.3 Å². The molecule has 0 aromatic heterocycles. The number of fused-ring (bicyclic) bond motifs is 6. The normalized spacial score (nSPS) is 27.6. The molecule has 0 spiro atoms. The zero-order chi connectivity index (χ0) is 79.5. The Morgan fingerprint density at radius 2 is 1.07 bits per heavy atom. The Morgan fingerprint density at radius 3 is 1.56 bits per heavy atom. The van der Waals surface area contributed by atoms with Crippen molar-refractivity contribution in [3.8, 4) is 0 Å². The number of carbonyl (C=O) groups is 10. The van der Waals surface area contributed by atoms with E-state index in [1.54, 1.807) is 58.3 Å². The van der Waals surface area contributed by atoms with Crippen molar-refractivity contribution in [2.45, 2.75) is 251 Å². The first-order chi connectivity index (χ1) is 51.7. The highest BCUT2D eigenvalue weighted by atomic mass is 19.4. The average Bonchev–Trinajstić information content (AvgIpc) is 1.64. The van der Waals surface area contributed by atoms with E-state index >= 15 is 13.2 Å². The van der Waals surface area contributed by atoms with Gasteiger partial charge in [0.2, 0.25) is 58.9 Å². The number of nitrogens with zero attached hydrogens (tertiary/aromatic N) is 3. The second-order valence-electron chi connectivity index (χ2n) is 29.5. The standard InChI is InChI=1S/C51H72F3N9O8.C25H36F3N5O5/c1-31(55-4)43(64)58-35-20-23-49(3)57-30-42(70-49)38(29-34-16-10-7-11-17-34)61-46(67)40-19-13-27-63(40)48(69)36(59-44(65)32(2)56-5)21-24-50(51(52,53)54)25-22-41(71-50)37(28-33-14-8-6-9-15-33)60-45(66)39-18-12-26-62(39)47(35)68;1-15(30-2)22(36)31-17(10-11-21(35)25(26,27)28)24(38)33-12-6-9-19(33)23(37)32-18(20(34)14-29)13-16-7-4-3-5-8-16/h6-11,14-17,31-32,35-42,55-57H,12-13,18-30H2,1-5H3,(H,58,64)(H,59,65)(H,60,66)(H,61,67);3-5,7-8,15,17-20,30,34H,6,9-14,29H2,1-2H3,(H,31,36)(H,32,37). The molecule has 6 saturated heterocycles. The molecule has 6 aliphatic heterocycles. The Hall–Kier alpha value is -8.18. The van der Waals surface area contributed by atoms with Crippen LogP contribution in [0.1, 0.15) is 134 Å². The van der Waals surface area contributed by atoms with Gasteiger partial charge in [0.1, 0.15) is 42.0 Å². The Morgan fingerprint density at radius 1 is 0.606 bits per heavy atom. The first kappa shape index (κ1) is 86.4. The van der Waals surface area contributed by atoms with E-state index < -0.39 is 206 Å². The summed E-state index contributed by atoms with van der Waals surface area (Å²) in [5.41, 5.74) is 4.32. The number of hydrogen-bond acceptors (Lipinski definition) is 18. The van der Waals surface area contributed by atoms with Crippen LogP contribution in [0.15, 0.2) is 91.0 Å². The van der Waals surface area contributed by atoms with E-state index in [2.05, 4.69) is 53.2 Å². The van der Waals surface area contributed by atoms with Crippen molar-refractivity contribution in [3.63, 3.8) is 0 Å². The van der Waals surface area contributed by atoms with Crippen molar-refractivity contribution in [2.75, 3.05) is 53.9 Å². The maximum absolute atomic E-state index is 15.6. The Kier molecular flexibility index (Phi) is 31.0. The maximum atomic E-state index is 15.6. The number of aliphatic hydroxyl groups is 1. The monoisotopic (exact) mass is 1540 g/mol. The smallest absolute Gasteiger partial charge is 0.390 e. The fraction of sp³-hybridized carbons (Fsp3) is 0.632. The van der Waals surface area contributed by atoms with Gasteiger partial charge in [-0.15, -0.1) is 0 Å². The van der Waals surface area contributed by atoms with Crippen LogP contribution in [0.2, 0.25) is 0 Å². The largest absolute Gasteiger partial charge is 0.449 e. The summed E-state index contributed by atoms with van der Waals surface area (Å²) in [4.78, 5) is 140. The molecule has 4 bridgehead atoms. The third kappa shape index (κ3) is 23.0. The molecule has 109 heavy (non-hydrogen) atoms. The van der Waals surface area contributed by atoms with E-state index in [1.165, 1.54) is 28.7 Å². The third-order valence-corrected chi connectivity index (χ3v) is 21.9. The lowest BCUT2D eigenvalue weighted by molar-refractivity contribution is -0.276. The minimum Gasteiger partial charge on any atom is -0.390 e. The summed E-state index contributed by atoms with van der Waals surface area (Å²) < 4.78 is 98.1. The van der Waals surface area contributed by atoms with E-state index in [4.69, 9.17) is 15.2 Å². The van der Waals surface area contributed by atoms with Gasteiger partial charge in [0.25, 0.3) is 0 Å². The molecule has 602 valence electrons. The van der Waals surface area contributed by atoms with Crippen LogP contribution in [0.5, 0.6) is 0 Å². The minimum atomic E-state index is -5.07. The van der Waals surface area contributed by atoms with Gasteiger partial charge in [0.05, 0.1) is 54.6 Å². The van der Waals surface area contributed by atoms with Gasteiger partial charge < -0.3 is 82.9 Å². The Bertz CT molecular complexity index is 3580. The molecule has 27 nitrogen and oxygen atoms in total. The third-order valence-electron chi connectivity index (χ3n) is 21.9. The number of aliphatic hydroxyl groups excluding tert-OH is 1. The molecular weight excluding hydrogens is 1430 g/mol. The number of halogens is 6. The number of Topliss-reactive ketones (excluding diaryl/α,β-unsaturated/α-hetero) is 1. The number of rotatable bonds is 23. The summed E-state index contributed by atoms with van der Waals surface area (Å²) in [6, 6.07) is 16.1. The maximum Gasteiger partial charge on any atom is 0.449 e. The number of nitrogens with one attached hydrogen (secondary N) is 10. The fourth-order valence-corrected chi connectivity index (χ4v) is 14.9. The number of benzene rings is 3. The number of likely N-dealkylation sites (tertiary alicyclic amines) is 1. The van der Waals surface area contributed by atoms with Crippen LogP contribution in [0.4, 0.5) is 26.3 Å². The van der Waals surface area contributed by atoms with Gasteiger partial charge in [0, 0.05) is 39.1 Å². The molecular formula is C76H108F6N14O13. The first-order valence-corrected chi connectivity index (χ1v) is 37.8. The highest BCUT2D eigenvalue weighted by molar-refractivity contribution is 5.96. The zero-order valence-corrected chi connectivity index (χ0v) is 62.9. The number of hydrogen-bond donors (Lipinski definition) is 12. The van der Waals surface area contributed by atoms with Crippen molar-refractivity contribution in [1.82, 2.24) is 67.9 Å². The van der Waals surface area contributed by atoms with Crippen molar-refractivity contribution in [1.29, 1.82) is 0 Å². The first-order valence-electron chi connectivity index (χ1n) is 37.8. The van der Waals surface area contributed by atoms with Gasteiger partial charge in [-0.3, -0.25) is 53.3 Å². The number of amides is 9. The van der Waals surface area contributed by atoms with Gasteiger partial charge in [0.15, 0.2) is 5.60 Å². The molecule has 3 aromatic rings. The zero-order valence-electron chi connectivity index (χ0n) is 62.9. The van der Waals surface area contributed by atoms with Crippen LogP contribution in [-0.2, 0) is 76.7 Å². The van der Waals surface area contributed by atoms with Crippen LogP contribution >= 0.6 is 0 Å². The molecule has 3 aromatic carbocycles. The number of carbonyl (C=O) groups excluding carboxylic acids is 10. The summed E-state index contributed by atoms with van der Waals surface area (Å²) in [6.45, 7) is 7.24. The van der Waals surface area contributed by atoms with Crippen LogP contribution < -0.4 is 58.9 Å². The molecule has 0 radical (unpaired) electrons. The lowest BCUT2D eigenvalue weighted by atomic mass is 9.90. The summed E-state index contributed by atoms with van der Waals surface area (Å²) >= 11 is 0. The average molecular weight is 1540 g/mol. The van der Waals surface area contributed by atoms with E-state index in [0.29, 0.717) is 32.2 Å². The molecule has 33 heteroatoms. The summed E-state index contributed by atoms with van der Waals surface area (Å²) in [6.07, 6.45) is -12.9. The van der Waals surface area contributed by atoms with E-state index in [9.17, 15) is 66.2 Å². The fourth-order valence-electron chi connectivity index (χ4n) is 14.9. The van der Waals surface area contributed by atoms with Gasteiger partial charge in [-0.1, -0.05) is 91.0 Å². The molecule has 13 N–H and O–H groups in total. The van der Waals surface area contributed by atoms with Crippen molar-refractivity contribution >= 4 is 58.9 Å². The number of ketones is 1. The molecule has 9 amide bonds. The van der Waals surface area contributed by atoms with Crippen molar-refractivity contribution in [2.24, 2.45) is 5.73 Å². The number of alkyl halides is 6. The highest BCUT2D eigenvalue weighted by Crippen LogP contribution is 2.48. The molecule has 6 aliphatic rings. The Balaban J connectivity index is 0.000000332. The summed E-state index contributed by atoms with van der Waals surface area (Å²) in [5, 5.41) is 39.2. The molecule has 6 fully saturated rings. The predicted molar refractivity (Wildman–Crippen MR) is 390 cm³/mol. The second-order valence-corrected chi connectivity index (χ2v) is 29.5. The molecule has 17 unspecified atom stereocenters. The highest BCUT2D eigenvalue weighted by Gasteiger charge is 2.61. The number of nitrogens with two attached hydrogens (primary N) is 1. The van der Waals surface area contributed by atoms with Crippen LogP contribution in [0, 0.1) is 0 Å². The van der Waals surface area contributed by atoms with Crippen LogP contribution in [0.3, 0.4) is 0 Å². The van der Waals surface area contributed by atoms with Gasteiger partial charge >= 0.3 is 12.4 Å². The van der Waals surface area contributed by atoms with Crippen molar-refractivity contribution in [3.05, 3.63) is 108 Å². The van der Waals surface area contributed by atoms with E-state index in [1.807, 2.05) is 67.6 Å². The lowest BCUT2D eigenvalue weighted by Crippen LogP contribution is -2.58. The quantitative estimate of drug-likeness (QED) is 0.0607. The van der Waals surface area contributed by atoms with E-state index in [0.717, 1.165) is 16.7 Å². The predicted octanol–water partition coefficient (Wildman–Crippen LogP) is 2.40. The lowest BCUT2D eigenvalue weighted by Gasteiger charge is -2.36. The molecule has 9 rings (SSSR count). The number of likely N-dealkylation sites (N-methyl/N-ethyl adjacent to an activating group) is 3. The van der Waals surface area contributed by atoms with Gasteiger partial charge in [-0.05, 0) is 168 Å². The molecule has 17 atom stereocenters. The van der Waals surface area contributed by atoms with Gasteiger partial charge in [-0.25, -0.2) is 0 Å². The molecule has 0 aliphatic carbocycles. The Labute approximate surface area is 631 Å².